The molecule has 4 nitrogen and oxygen atoms in total. The van der Waals surface area contributed by atoms with Gasteiger partial charge in [0.05, 0.1) is 45.5 Å². The molecule has 0 saturated heterocycles. The Morgan fingerprint density at radius 1 is 0.420 bits per heavy atom. The van der Waals surface area contributed by atoms with Gasteiger partial charge in [0.1, 0.15) is 6.07 Å². The van der Waals surface area contributed by atoms with Gasteiger partial charge in [-0.15, -0.1) is 0 Å². The van der Waals surface area contributed by atoms with Gasteiger partial charge < -0.3 is 4.57 Å². The van der Waals surface area contributed by atoms with Crippen LogP contribution in [0.1, 0.15) is 16.7 Å². The molecule has 1 heterocycles. The van der Waals surface area contributed by atoms with E-state index in [-0.39, 0.29) is 0 Å². The van der Waals surface area contributed by atoms with Gasteiger partial charge in [0.15, 0.2) is 8.07 Å². The SMILES string of the molecule is N#Cc1ccc2c(c1)c1cc(C#N)ccc1n2-c1cccc(-c2ccccc2[Si](c2ccccc2)(c2ccccc2)c2ccccc2)c1C#N. The first-order valence-electron chi connectivity index (χ1n) is 16.4. The molecule has 7 aromatic carbocycles. The van der Waals surface area contributed by atoms with E-state index in [0.717, 1.165) is 38.6 Å². The Bertz CT molecular complexity index is 2510. The van der Waals surface area contributed by atoms with Crippen molar-refractivity contribution in [2.45, 2.75) is 0 Å². The van der Waals surface area contributed by atoms with Crippen LogP contribution < -0.4 is 20.7 Å². The first-order chi connectivity index (χ1) is 24.7. The average Bonchev–Trinajstić information content (AvgIpc) is 3.52. The average molecular weight is 653 g/mol. The highest BCUT2D eigenvalue weighted by atomic mass is 28.3. The molecule has 0 radical (unpaired) electrons. The smallest absolute Gasteiger partial charge is 0.180 e. The topological polar surface area (TPSA) is 76.3 Å². The van der Waals surface area contributed by atoms with Crippen LogP contribution in [0.3, 0.4) is 0 Å². The zero-order chi connectivity index (χ0) is 34.1. The number of nitriles is 3. The fourth-order valence-electron chi connectivity index (χ4n) is 7.57. The summed E-state index contributed by atoms with van der Waals surface area (Å²) in [6.45, 7) is 0. The van der Waals surface area contributed by atoms with E-state index in [1.165, 1.54) is 20.7 Å². The number of hydrogen-bond donors (Lipinski definition) is 0. The Morgan fingerprint density at radius 2 is 0.880 bits per heavy atom. The molecule has 50 heavy (non-hydrogen) atoms. The van der Waals surface area contributed by atoms with Gasteiger partial charge in [0.25, 0.3) is 0 Å². The van der Waals surface area contributed by atoms with E-state index in [2.05, 4.69) is 144 Å². The minimum atomic E-state index is -2.93. The summed E-state index contributed by atoms with van der Waals surface area (Å²) < 4.78 is 2.09. The molecule has 8 rings (SSSR count). The van der Waals surface area contributed by atoms with E-state index in [9.17, 15) is 15.8 Å². The normalized spacial score (nSPS) is 11.1. The summed E-state index contributed by atoms with van der Waals surface area (Å²) in [5, 5.41) is 37.2. The van der Waals surface area contributed by atoms with Gasteiger partial charge in [0, 0.05) is 16.3 Å². The van der Waals surface area contributed by atoms with Crippen LogP contribution in [0.25, 0.3) is 38.6 Å². The van der Waals surface area contributed by atoms with Crippen LogP contribution in [0, 0.1) is 34.0 Å². The highest BCUT2D eigenvalue weighted by molar-refractivity contribution is 7.20. The standard InChI is InChI=1S/C45H28N4Si/c46-29-32-23-25-43-39(27-32)40-28-33(30-47)24-26-44(40)49(43)42-21-12-20-37(41(42)31-48)38-19-10-11-22-45(38)50(34-13-4-1-5-14-34,35-15-6-2-7-16-35)36-17-8-3-9-18-36/h1-28H. The fraction of sp³-hybridized carbons (Fsp3) is 0. The van der Waals surface area contributed by atoms with E-state index in [1.54, 1.807) is 12.1 Å². The molecular formula is C45H28N4Si. The summed E-state index contributed by atoms with van der Waals surface area (Å²) in [7, 11) is -2.93. The lowest BCUT2D eigenvalue weighted by Crippen LogP contribution is -2.75. The van der Waals surface area contributed by atoms with Crippen molar-refractivity contribution in [3.8, 4) is 35.0 Å². The zero-order valence-electron chi connectivity index (χ0n) is 27.0. The molecule has 0 spiro atoms. The zero-order valence-corrected chi connectivity index (χ0v) is 28.0. The molecule has 0 aliphatic rings. The van der Waals surface area contributed by atoms with Crippen molar-refractivity contribution in [1.29, 1.82) is 15.8 Å². The van der Waals surface area contributed by atoms with Gasteiger partial charge in [-0.2, -0.15) is 15.8 Å². The molecular weight excluding hydrogens is 625 g/mol. The van der Waals surface area contributed by atoms with Crippen molar-refractivity contribution in [2.24, 2.45) is 0 Å². The molecule has 0 bridgehead atoms. The molecule has 1 aromatic heterocycles. The summed E-state index contributed by atoms with van der Waals surface area (Å²) in [6.07, 6.45) is 0. The maximum absolute atomic E-state index is 11.1. The van der Waals surface area contributed by atoms with E-state index in [4.69, 9.17) is 0 Å². The predicted molar refractivity (Wildman–Crippen MR) is 204 cm³/mol. The largest absolute Gasteiger partial charge is 0.308 e. The number of benzene rings is 7. The van der Waals surface area contributed by atoms with Gasteiger partial charge in [-0.3, -0.25) is 0 Å². The molecule has 0 fully saturated rings. The molecule has 5 heteroatoms. The summed E-state index contributed by atoms with van der Waals surface area (Å²) in [5.41, 5.74) is 5.92. The Hall–Kier alpha value is -6.97. The van der Waals surface area contributed by atoms with Gasteiger partial charge in [-0.05, 0) is 68.8 Å². The van der Waals surface area contributed by atoms with Crippen LogP contribution in [-0.4, -0.2) is 12.6 Å². The van der Waals surface area contributed by atoms with Gasteiger partial charge in [-0.25, -0.2) is 0 Å². The third-order valence-corrected chi connectivity index (χ3v) is 14.5. The molecule has 8 aromatic rings. The summed E-state index contributed by atoms with van der Waals surface area (Å²) >= 11 is 0. The lowest BCUT2D eigenvalue weighted by Gasteiger charge is -2.36. The van der Waals surface area contributed by atoms with Crippen LogP contribution in [0.4, 0.5) is 0 Å². The predicted octanol–water partition coefficient (Wildman–Crippen LogP) is 7.44. The second kappa shape index (κ2) is 12.6. The second-order valence-corrected chi connectivity index (χ2v) is 16.0. The molecule has 232 valence electrons. The third kappa shape index (κ3) is 4.72. The Kier molecular flexibility index (Phi) is 7.63. The molecule has 0 N–H and O–H groups in total. The number of fused-ring (bicyclic) bond motifs is 3. The van der Waals surface area contributed by atoms with E-state index < -0.39 is 8.07 Å². The van der Waals surface area contributed by atoms with Gasteiger partial charge in [0.2, 0.25) is 0 Å². The van der Waals surface area contributed by atoms with Crippen LogP contribution >= 0.6 is 0 Å². The quantitative estimate of drug-likeness (QED) is 0.138. The van der Waals surface area contributed by atoms with E-state index >= 15 is 0 Å². The van der Waals surface area contributed by atoms with E-state index in [0.29, 0.717) is 16.7 Å². The number of nitrogens with zero attached hydrogens (tertiary/aromatic N) is 4. The van der Waals surface area contributed by atoms with E-state index in [1.807, 2.05) is 36.4 Å². The summed E-state index contributed by atoms with van der Waals surface area (Å²) in [4.78, 5) is 0. The summed E-state index contributed by atoms with van der Waals surface area (Å²) in [6, 6.07) is 65.3. The minimum Gasteiger partial charge on any atom is -0.308 e. The minimum absolute atomic E-state index is 0.533. The monoisotopic (exact) mass is 652 g/mol. The first kappa shape index (κ1) is 30.4. The van der Waals surface area contributed by atoms with Gasteiger partial charge >= 0.3 is 0 Å². The lowest BCUT2D eigenvalue weighted by atomic mass is 9.98. The highest BCUT2D eigenvalue weighted by Gasteiger charge is 2.43. The van der Waals surface area contributed by atoms with Crippen LogP contribution in [0.15, 0.2) is 170 Å². The Balaban J connectivity index is 1.47. The van der Waals surface area contributed by atoms with Crippen molar-refractivity contribution >= 4 is 50.6 Å². The second-order valence-electron chi connectivity index (χ2n) is 12.2. The van der Waals surface area contributed by atoms with Crippen LogP contribution in [-0.2, 0) is 0 Å². The van der Waals surface area contributed by atoms with Gasteiger partial charge in [-0.1, -0.05) is 127 Å². The molecule has 0 aliphatic heterocycles. The molecule has 0 saturated carbocycles. The molecule has 0 unspecified atom stereocenters. The van der Waals surface area contributed by atoms with Crippen LogP contribution in [0.2, 0.25) is 0 Å². The van der Waals surface area contributed by atoms with Crippen LogP contribution in [0.5, 0.6) is 0 Å². The molecule has 0 aliphatic carbocycles. The lowest BCUT2D eigenvalue weighted by molar-refractivity contribution is 1.17. The Labute approximate surface area is 291 Å². The van der Waals surface area contributed by atoms with Crippen molar-refractivity contribution in [3.63, 3.8) is 0 Å². The third-order valence-electron chi connectivity index (χ3n) is 9.66. The highest BCUT2D eigenvalue weighted by Crippen LogP contribution is 2.37. The maximum atomic E-state index is 11.1. The van der Waals surface area contributed by atoms with Crippen molar-refractivity contribution in [3.05, 3.63) is 187 Å². The Morgan fingerprint density at radius 3 is 1.36 bits per heavy atom. The van der Waals surface area contributed by atoms with Crippen molar-refractivity contribution in [1.82, 2.24) is 4.57 Å². The number of hydrogen-bond acceptors (Lipinski definition) is 3. The maximum Gasteiger partial charge on any atom is 0.180 e. The first-order valence-corrected chi connectivity index (χ1v) is 18.4. The number of aromatic nitrogens is 1. The van der Waals surface area contributed by atoms with Crippen molar-refractivity contribution < 1.29 is 0 Å². The van der Waals surface area contributed by atoms with Crippen molar-refractivity contribution in [2.75, 3.05) is 0 Å². The molecule has 0 amide bonds. The number of rotatable bonds is 6. The fourth-order valence-corrected chi connectivity index (χ4v) is 12.5. The molecule has 0 atom stereocenters. The summed E-state index contributed by atoms with van der Waals surface area (Å²) in [5.74, 6) is 0.